The molecule has 2 N–H and O–H groups in total. The lowest BCUT2D eigenvalue weighted by atomic mass is 10.1. The van der Waals surface area contributed by atoms with Gasteiger partial charge in [0, 0.05) is 17.8 Å². The highest BCUT2D eigenvalue weighted by Crippen LogP contribution is 2.12. The molecule has 1 rings (SSSR count). The largest absolute Gasteiger partial charge is 0.362 e. The predicted octanol–water partition coefficient (Wildman–Crippen LogP) is 6.49. The fraction of sp³-hybridized carbons (Fsp3) is 0.636. The summed E-state index contributed by atoms with van der Waals surface area (Å²) < 4.78 is 0. The summed E-state index contributed by atoms with van der Waals surface area (Å²) >= 11 is 5.29. The molecule has 0 aromatic heterocycles. The summed E-state index contributed by atoms with van der Waals surface area (Å²) in [6, 6.07) is 7.29. The second-order valence-electron chi connectivity index (χ2n) is 7.01. The summed E-state index contributed by atoms with van der Waals surface area (Å²) in [4.78, 5) is 10.6. The molecule has 0 aliphatic carbocycles. The number of benzene rings is 1. The monoisotopic (exact) mass is 376 g/mol. The van der Waals surface area contributed by atoms with Crippen LogP contribution in [0.4, 0.5) is 5.69 Å². The van der Waals surface area contributed by atoms with Crippen molar-refractivity contribution in [2.24, 2.45) is 0 Å². The quantitative estimate of drug-likeness (QED) is 0.209. The second kappa shape index (κ2) is 15.8. The van der Waals surface area contributed by atoms with E-state index in [1.807, 2.05) is 12.1 Å². The van der Waals surface area contributed by atoms with Gasteiger partial charge in [-0.05, 0) is 42.9 Å². The summed E-state index contributed by atoms with van der Waals surface area (Å²) in [5.41, 5.74) is 1.58. The summed E-state index contributed by atoms with van der Waals surface area (Å²) in [7, 11) is 0. The van der Waals surface area contributed by atoms with Crippen molar-refractivity contribution in [1.82, 2.24) is 5.32 Å². The molecule has 3 nitrogen and oxygen atoms in total. The second-order valence-corrected chi connectivity index (χ2v) is 7.42. The van der Waals surface area contributed by atoms with Crippen LogP contribution in [0.5, 0.6) is 0 Å². The molecule has 4 heteroatoms. The van der Waals surface area contributed by atoms with Gasteiger partial charge in [-0.15, -0.1) is 0 Å². The van der Waals surface area contributed by atoms with E-state index in [1.165, 1.54) is 70.6 Å². The van der Waals surface area contributed by atoms with Crippen LogP contribution in [-0.4, -0.2) is 17.9 Å². The molecular formula is C22H36N2OS. The van der Waals surface area contributed by atoms with Gasteiger partial charge in [0.25, 0.3) is 0 Å². The molecule has 0 heterocycles. The molecule has 0 atom stereocenters. The molecule has 0 radical (unpaired) electrons. The van der Waals surface area contributed by atoms with Crippen LogP contribution in [0.15, 0.2) is 24.3 Å². The maximum atomic E-state index is 10.6. The van der Waals surface area contributed by atoms with Crippen LogP contribution < -0.4 is 10.6 Å². The van der Waals surface area contributed by atoms with Gasteiger partial charge in [-0.3, -0.25) is 4.79 Å². The minimum atomic E-state index is 0.645. The molecule has 1 aromatic rings. The lowest BCUT2D eigenvalue weighted by Crippen LogP contribution is -2.29. The fourth-order valence-electron chi connectivity index (χ4n) is 2.99. The van der Waals surface area contributed by atoms with E-state index in [0.29, 0.717) is 10.7 Å². The Balaban J connectivity index is 1.89. The van der Waals surface area contributed by atoms with Crippen molar-refractivity contribution >= 4 is 29.3 Å². The SMILES string of the molecule is CCCCCCCCCCCCCCNC(=S)Nc1ccc(C=O)cc1. The van der Waals surface area contributed by atoms with E-state index in [-0.39, 0.29) is 0 Å². The van der Waals surface area contributed by atoms with Gasteiger partial charge in [0.2, 0.25) is 0 Å². The zero-order chi connectivity index (χ0) is 18.9. The minimum absolute atomic E-state index is 0.645. The van der Waals surface area contributed by atoms with Gasteiger partial charge in [0.1, 0.15) is 6.29 Å². The minimum Gasteiger partial charge on any atom is -0.362 e. The topological polar surface area (TPSA) is 41.1 Å². The number of carbonyl (C=O) groups excluding carboxylic acids is 1. The molecule has 0 bridgehead atoms. The maximum Gasteiger partial charge on any atom is 0.170 e. The zero-order valence-corrected chi connectivity index (χ0v) is 17.2. The normalized spacial score (nSPS) is 10.5. The highest BCUT2D eigenvalue weighted by Gasteiger charge is 1.98. The molecule has 0 aliphatic rings. The highest BCUT2D eigenvalue weighted by molar-refractivity contribution is 7.80. The first kappa shape index (κ1) is 22.6. The van der Waals surface area contributed by atoms with Gasteiger partial charge in [0.05, 0.1) is 0 Å². The number of hydrogen-bond donors (Lipinski definition) is 2. The van der Waals surface area contributed by atoms with E-state index in [1.54, 1.807) is 12.1 Å². The Hall–Kier alpha value is -1.42. The molecular weight excluding hydrogens is 340 g/mol. The van der Waals surface area contributed by atoms with Gasteiger partial charge < -0.3 is 10.6 Å². The molecule has 0 saturated carbocycles. The summed E-state index contributed by atoms with van der Waals surface area (Å²) in [5, 5.41) is 7.03. The van der Waals surface area contributed by atoms with Crippen molar-refractivity contribution in [3.63, 3.8) is 0 Å². The third-order valence-electron chi connectivity index (χ3n) is 4.62. The third-order valence-corrected chi connectivity index (χ3v) is 4.87. The van der Waals surface area contributed by atoms with Crippen molar-refractivity contribution in [3.8, 4) is 0 Å². The number of aldehydes is 1. The number of nitrogens with one attached hydrogen (secondary N) is 2. The van der Waals surface area contributed by atoms with Gasteiger partial charge in [-0.2, -0.15) is 0 Å². The maximum absolute atomic E-state index is 10.6. The van der Waals surface area contributed by atoms with Gasteiger partial charge in [0.15, 0.2) is 5.11 Å². The summed E-state index contributed by atoms with van der Waals surface area (Å²) in [6.45, 7) is 3.18. The van der Waals surface area contributed by atoms with Crippen LogP contribution >= 0.6 is 12.2 Å². The molecule has 0 spiro atoms. The first-order valence-electron chi connectivity index (χ1n) is 10.4. The van der Waals surface area contributed by atoms with Crippen LogP contribution in [0.1, 0.15) is 94.3 Å². The number of carbonyl (C=O) groups is 1. The van der Waals surface area contributed by atoms with E-state index >= 15 is 0 Å². The van der Waals surface area contributed by atoms with E-state index < -0.39 is 0 Å². The standard InChI is InChI=1S/C22H36N2OS/c1-2-3-4-5-6-7-8-9-10-11-12-13-18-23-22(26)24-21-16-14-20(19-25)15-17-21/h14-17,19H,2-13,18H2,1H3,(H2,23,24,26). The molecule has 0 unspecified atom stereocenters. The van der Waals surface area contributed by atoms with Crippen LogP contribution in [0, 0.1) is 0 Å². The molecule has 1 aromatic carbocycles. The average molecular weight is 377 g/mol. The van der Waals surface area contributed by atoms with Crippen LogP contribution in [0.2, 0.25) is 0 Å². The molecule has 0 amide bonds. The number of hydrogen-bond acceptors (Lipinski definition) is 2. The number of unbranched alkanes of at least 4 members (excludes halogenated alkanes) is 11. The summed E-state index contributed by atoms with van der Waals surface area (Å²) in [6.07, 6.45) is 17.2. The van der Waals surface area contributed by atoms with Gasteiger partial charge in [-0.1, -0.05) is 77.6 Å². The zero-order valence-electron chi connectivity index (χ0n) is 16.4. The van der Waals surface area contributed by atoms with Crippen molar-refractivity contribution in [2.75, 3.05) is 11.9 Å². The smallest absolute Gasteiger partial charge is 0.170 e. The molecule has 146 valence electrons. The average Bonchev–Trinajstić information content (AvgIpc) is 2.66. The Morgan fingerprint density at radius 2 is 1.35 bits per heavy atom. The van der Waals surface area contributed by atoms with E-state index in [0.717, 1.165) is 24.9 Å². The van der Waals surface area contributed by atoms with E-state index in [9.17, 15) is 4.79 Å². The Labute approximate surface area is 165 Å². The van der Waals surface area contributed by atoms with Crippen molar-refractivity contribution in [1.29, 1.82) is 0 Å². The number of rotatable bonds is 15. The highest BCUT2D eigenvalue weighted by atomic mass is 32.1. The van der Waals surface area contributed by atoms with Crippen molar-refractivity contribution < 1.29 is 4.79 Å². The first-order chi connectivity index (χ1) is 12.8. The predicted molar refractivity (Wildman–Crippen MR) is 117 cm³/mol. The Morgan fingerprint density at radius 1 is 0.846 bits per heavy atom. The number of thiocarbonyl (C=S) groups is 1. The van der Waals surface area contributed by atoms with Crippen LogP contribution in [0.25, 0.3) is 0 Å². The lowest BCUT2D eigenvalue weighted by molar-refractivity contribution is 0.112. The third kappa shape index (κ3) is 12.0. The Bertz CT molecular complexity index is 487. The molecule has 0 saturated heterocycles. The van der Waals surface area contributed by atoms with E-state index in [2.05, 4.69) is 17.6 Å². The lowest BCUT2D eigenvalue weighted by Gasteiger charge is -2.10. The Morgan fingerprint density at radius 3 is 1.85 bits per heavy atom. The molecule has 0 fully saturated rings. The Kier molecular flexibility index (Phi) is 13.8. The first-order valence-corrected chi connectivity index (χ1v) is 10.8. The molecule has 0 aliphatic heterocycles. The fourth-order valence-corrected chi connectivity index (χ4v) is 3.21. The van der Waals surface area contributed by atoms with E-state index in [4.69, 9.17) is 12.2 Å². The van der Waals surface area contributed by atoms with Crippen molar-refractivity contribution in [3.05, 3.63) is 29.8 Å². The van der Waals surface area contributed by atoms with Gasteiger partial charge >= 0.3 is 0 Å². The van der Waals surface area contributed by atoms with Crippen LogP contribution in [-0.2, 0) is 0 Å². The van der Waals surface area contributed by atoms with Crippen LogP contribution in [0.3, 0.4) is 0 Å². The number of anilines is 1. The summed E-state index contributed by atoms with van der Waals surface area (Å²) in [5.74, 6) is 0. The molecule has 26 heavy (non-hydrogen) atoms. The van der Waals surface area contributed by atoms with Crippen molar-refractivity contribution in [2.45, 2.75) is 84.0 Å². The van der Waals surface area contributed by atoms with Gasteiger partial charge in [-0.25, -0.2) is 0 Å².